The third-order valence-corrected chi connectivity index (χ3v) is 4.80. The first-order valence-electron chi connectivity index (χ1n) is 7.46. The molecule has 0 aliphatic carbocycles. The van der Waals surface area contributed by atoms with Crippen molar-refractivity contribution in [3.63, 3.8) is 0 Å². The van der Waals surface area contributed by atoms with E-state index in [2.05, 4.69) is 5.32 Å². The van der Waals surface area contributed by atoms with Gasteiger partial charge in [0.2, 0.25) is 9.84 Å². The fraction of sp³-hybridized carbons (Fsp3) is 0.235. The summed E-state index contributed by atoms with van der Waals surface area (Å²) in [5.74, 6) is -3.39. The van der Waals surface area contributed by atoms with Crippen LogP contribution in [0, 0.1) is 0 Å². The molecule has 1 amide bonds. The van der Waals surface area contributed by atoms with Gasteiger partial charge in [-0.1, -0.05) is 19.1 Å². The number of anilines is 1. The number of benzene rings is 2. The van der Waals surface area contributed by atoms with Gasteiger partial charge in [0.05, 0.1) is 4.90 Å². The number of rotatable bonds is 7. The van der Waals surface area contributed by atoms with E-state index in [9.17, 15) is 22.0 Å². The topological polar surface area (TPSA) is 72.5 Å². The van der Waals surface area contributed by atoms with E-state index >= 15 is 0 Å². The molecular weight excluding hydrogens is 352 g/mol. The molecule has 0 bridgehead atoms. The highest BCUT2D eigenvalue weighted by atomic mass is 32.2. The van der Waals surface area contributed by atoms with Gasteiger partial charge in [-0.15, -0.1) is 0 Å². The summed E-state index contributed by atoms with van der Waals surface area (Å²) in [4.78, 5) is 11.3. The summed E-state index contributed by atoms with van der Waals surface area (Å²) in [5, 5.41) is 2.50. The third kappa shape index (κ3) is 4.99. The number of carbonyl (C=O) groups excluding carboxylic acids is 1. The SMILES string of the molecule is CCc1ccc(OCC(=O)Nc2ccc(S(=O)(=O)C(F)F)cc2)cc1. The van der Waals surface area contributed by atoms with Gasteiger partial charge < -0.3 is 10.1 Å². The van der Waals surface area contributed by atoms with Crippen molar-refractivity contribution in [1.82, 2.24) is 0 Å². The van der Waals surface area contributed by atoms with E-state index in [1.165, 1.54) is 12.1 Å². The number of ether oxygens (including phenoxy) is 1. The second kappa shape index (κ2) is 8.06. The summed E-state index contributed by atoms with van der Waals surface area (Å²) in [5.41, 5.74) is 1.43. The number of aryl methyl sites for hydroxylation is 1. The summed E-state index contributed by atoms with van der Waals surface area (Å²) in [6.45, 7) is 1.80. The summed E-state index contributed by atoms with van der Waals surface area (Å²) >= 11 is 0. The van der Waals surface area contributed by atoms with Crippen molar-refractivity contribution in [2.45, 2.75) is 24.0 Å². The molecule has 0 radical (unpaired) electrons. The molecule has 134 valence electrons. The average molecular weight is 369 g/mol. The van der Waals surface area contributed by atoms with Crippen LogP contribution in [0.1, 0.15) is 12.5 Å². The van der Waals surface area contributed by atoms with E-state index in [-0.39, 0.29) is 12.3 Å². The van der Waals surface area contributed by atoms with Crippen LogP contribution >= 0.6 is 0 Å². The van der Waals surface area contributed by atoms with Crippen molar-refractivity contribution in [1.29, 1.82) is 0 Å². The molecule has 25 heavy (non-hydrogen) atoms. The van der Waals surface area contributed by atoms with Crippen molar-refractivity contribution < 1.29 is 26.7 Å². The second-order valence-corrected chi connectivity index (χ2v) is 7.08. The molecule has 0 spiro atoms. The fourth-order valence-corrected chi connectivity index (χ4v) is 2.72. The molecule has 0 unspecified atom stereocenters. The first kappa shape index (κ1) is 18.9. The molecule has 2 aromatic rings. The van der Waals surface area contributed by atoms with Crippen LogP contribution in [0.4, 0.5) is 14.5 Å². The van der Waals surface area contributed by atoms with Gasteiger partial charge in [-0.05, 0) is 48.4 Å². The standard InChI is InChI=1S/C17H17F2NO4S/c1-2-12-3-7-14(8-4-12)24-11-16(21)20-13-5-9-15(10-6-13)25(22,23)17(18)19/h3-10,17H,2,11H2,1H3,(H,20,21). The highest BCUT2D eigenvalue weighted by Crippen LogP contribution is 2.20. The zero-order valence-electron chi connectivity index (χ0n) is 13.4. The Labute approximate surface area is 144 Å². The maximum absolute atomic E-state index is 12.4. The molecule has 1 N–H and O–H groups in total. The molecule has 0 aliphatic heterocycles. The van der Waals surface area contributed by atoms with Crippen molar-refractivity contribution in [3.8, 4) is 5.75 Å². The van der Waals surface area contributed by atoms with Crippen LogP contribution in [-0.4, -0.2) is 26.7 Å². The van der Waals surface area contributed by atoms with Crippen molar-refractivity contribution in [2.75, 3.05) is 11.9 Å². The van der Waals surface area contributed by atoms with E-state index in [0.717, 1.165) is 24.1 Å². The lowest BCUT2D eigenvalue weighted by Gasteiger charge is -2.09. The van der Waals surface area contributed by atoms with Gasteiger partial charge >= 0.3 is 5.76 Å². The lowest BCUT2D eigenvalue weighted by Crippen LogP contribution is -2.20. The predicted octanol–water partition coefficient (Wildman–Crippen LogP) is 3.26. The predicted molar refractivity (Wildman–Crippen MR) is 89.6 cm³/mol. The fourth-order valence-electron chi connectivity index (χ4n) is 2.00. The van der Waals surface area contributed by atoms with Gasteiger partial charge in [0.25, 0.3) is 5.91 Å². The molecule has 8 heteroatoms. The Bertz CT molecular complexity index is 819. The Hall–Kier alpha value is -2.48. The molecule has 2 rings (SSSR count). The number of amides is 1. The van der Waals surface area contributed by atoms with Gasteiger partial charge in [-0.25, -0.2) is 8.42 Å². The zero-order valence-corrected chi connectivity index (χ0v) is 14.2. The number of halogens is 2. The Morgan fingerprint density at radius 1 is 1.08 bits per heavy atom. The lowest BCUT2D eigenvalue weighted by atomic mass is 10.2. The molecule has 5 nitrogen and oxygen atoms in total. The Balaban J connectivity index is 1.92. The van der Waals surface area contributed by atoms with Crippen LogP contribution in [-0.2, 0) is 21.1 Å². The number of nitrogens with one attached hydrogen (secondary N) is 1. The Kier molecular flexibility index (Phi) is 6.08. The zero-order chi connectivity index (χ0) is 18.4. The van der Waals surface area contributed by atoms with Gasteiger partial charge in [-0.3, -0.25) is 4.79 Å². The summed E-state index contributed by atoms with van der Waals surface area (Å²) in [6.07, 6.45) is 0.901. The van der Waals surface area contributed by atoms with Crippen LogP contribution in [0.15, 0.2) is 53.4 Å². The third-order valence-electron chi connectivity index (χ3n) is 3.40. The van der Waals surface area contributed by atoms with E-state index in [1.54, 1.807) is 12.1 Å². The largest absolute Gasteiger partial charge is 0.484 e. The van der Waals surface area contributed by atoms with Crippen LogP contribution in [0.3, 0.4) is 0 Å². The van der Waals surface area contributed by atoms with Crippen molar-refractivity contribution >= 4 is 21.4 Å². The highest BCUT2D eigenvalue weighted by Gasteiger charge is 2.26. The first-order valence-corrected chi connectivity index (χ1v) is 9.01. The second-order valence-electron chi connectivity index (χ2n) is 5.16. The number of alkyl halides is 2. The minimum absolute atomic E-state index is 0.234. The van der Waals surface area contributed by atoms with Gasteiger partial charge in [0, 0.05) is 5.69 Å². The summed E-state index contributed by atoms with van der Waals surface area (Å²) < 4.78 is 52.9. The van der Waals surface area contributed by atoms with Crippen molar-refractivity contribution in [2.24, 2.45) is 0 Å². The van der Waals surface area contributed by atoms with Crippen molar-refractivity contribution in [3.05, 3.63) is 54.1 Å². The van der Waals surface area contributed by atoms with Gasteiger partial charge in [-0.2, -0.15) is 8.78 Å². The quantitative estimate of drug-likeness (QED) is 0.813. The van der Waals surface area contributed by atoms with Gasteiger partial charge in [0.1, 0.15) is 5.75 Å². The number of hydrogen-bond acceptors (Lipinski definition) is 4. The molecule has 0 saturated heterocycles. The molecule has 0 atom stereocenters. The van der Waals surface area contributed by atoms with E-state index in [4.69, 9.17) is 4.74 Å². The summed E-state index contributed by atoms with van der Waals surface area (Å²) in [7, 11) is -4.64. The number of hydrogen-bond donors (Lipinski definition) is 1. The minimum Gasteiger partial charge on any atom is -0.484 e. The molecule has 2 aromatic carbocycles. The minimum atomic E-state index is -4.64. The molecule has 0 heterocycles. The maximum Gasteiger partial charge on any atom is 0.341 e. The molecule has 0 aromatic heterocycles. The Morgan fingerprint density at radius 3 is 2.20 bits per heavy atom. The van der Waals surface area contributed by atoms with E-state index in [1.807, 2.05) is 19.1 Å². The summed E-state index contributed by atoms with van der Waals surface area (Å²) in [6, 6.07) is 11.8. The van der Waals surface area contributed by atoms with Gasteiger partial charge in [0.15, 0.2) is 6.61 Å². The molecule has 0 saturated carbocycles. The molecule has 0 aliphatic rings. The van der Waals surface area contributed by atoms with Crippen LogP contribution in [0.5, 0.6) is 5.75 Å². The normalized spacial score (nSPS) is 11.4. The first-order chi connectivity index (χ1) is 11.8. The monoisotopic (exact) mass is 369 g/mol. The van der Waals surface area contributed by atoms with Crippen LogP contribution in [0.2, 0.25) is 0 Å². The molecular formula is C17H17F2NO4S. The highest BCUT2D eigenvalue weighted by molar-refractivity contribution is 7.91. The number of sulfone groups is 1. The van der Waals surface area contributed by atoms with Crippen LogP contribution in [0.25, 0.3) is 0 Å². The number of carbonyl (C=O) groups is 1. The van der Waals surface area contributed by atoms with E-state index < -0.39 is 26.4 Å². The van der Waals surface area contributed by atoms with E-state index in [0.29, 0.717) is 5.75 Å². The Morgan fingerprint density at radius 2 is 1.68 bits per heavy atom. The molecule has 0 fully saturated rings. The smallest absolute Gasteiger partial charge is 0.341 e. The van der Waals surface area contributed by atoms with Crippen LogP contribution < -0.4 is 10.1 Å². The lowest BCUT2D eigenvalue weighted by molar-refractivity contribution is -0.118. The maximum atomic E-state index is 12.4. The average Bonchev–Trinajstić information content (AvgIpc) is 2.60.